The Morgan fingerprint density at radius 2 is 1.55 bits per heavy atom. The second kappa shape index (κ2) is 5.27. The fourth-order valence-electron chi connectivity index (χ4n) is 2.37. The molecular weight excluding hydrogens is 278 g/mol. The third-order valence-electron chi connectivity index (χ3n) is 3.61. The molecule has 0 unspecified atom stereocenters. The molecule has 0 aliphatic heterocycles. The number of hydrogen-bond donors (Lipinski definition) is 1. The van der Waals surface area contributed by atoms with Crippen molar-refractivity contribution in [2.45, 2.75) is 52.4 Å². The van der Waals surface area contributed by atoms with E-state index < -0.39 is 0 Å². The predicted octanol–water partition coefficient (Wildman–Crippen LogP) is 4.21. The molecule has 0 saturated heterocycles. The number of aromatic hydroxyl groups is 1. The molecule has 1 N–H and O–H groups in total. The summed E-state index contributed by atoms with van der Waals surface area (Å²) in [6, 6.07) is 3.47. The largest absolute Gasteiger partial charge is 0.507 e. The Morgan fingerprint density at radius 1 is 1.05 bits per heavy atom. The molecule has 2 rings (SSSR count). The minimum Gasteiger partial charge on any atom is -0.507 e. The highest BCUT2D eigenvalue weighted by Gasteiger charge is 2.28. The van der Waals surface area contributed by atoms with Crippen molar-refractivity contribution in [1.82, 2.24) is 4.98 Å². The van der Waals surface area contributed by atoms with Gasteiger partial charge in [-0.1, -0.05) is 41.5 Å². The van der Waals surface area contributed by atoms with Gasteiger partial charge in [-0.05, 0) is 23.0 Å². The van der Waals surface area contributed by atoms with Crippen molar-refractivity contribution >= 4 is 5.78 Å². The van der Waals surface area contributed by atoms with Crippen LogP contribution in [0.15, 0.2) is 29.0 Å². The molecular formula is C18H23NO3. The van der Waals surface area contributed by atoms with Crippen molar-refractivity contribution < 1.29 is 14.3 Å². The van der Waals surface area contributed by atoms with Gasteiger partial charge in [0.25, 0.3) is 5.89 Å². The molecule has 0 fully saturated rings. The van der Waals surface area contributed by atoms with Crippen molar-refractivity contribution in [2.75, 3.05) is 0 Å². The number of phenols is 1. The number of benzene rings is 1. The summed E-state index contributed by atoms with van der Waals surface area (Å²) >= 11 is 0. The smallest absolute Gasteiger partial charge is 0.268 e. The van der Waals surface area contributed by atoms with Crippen LogP contribution in [0.25, 0.3) is 0 Å². The van der Waals surface area contributed by atoms with Crippen LogP contribution in [0.5, 0.6) is 5.75 Å². The molecule has 4 heteroatoms. The average Bonchev–Trinajstić information content (AvgIpc) is 2.89. The molecule has 2 aromatic rings. The van der Waals surface area contributed by atoms with Crippen LogP contribution in [0, 0.1) is 0 Å². The maximum Gasteiger partial charge on any atom is 0.268 e. The summed E-state index contributed by atoms with van der Waals surface area (Å²) in [6.07, 6.45) is 2.83. The first-order chi connectivity index (χ1) is 10.0. The van der Waals surface area contributed by atoms with Crippen LogP contribution in [0.4, 0.5) is 0 Å². The first-order valence-electron chi connectivity index (χ1n) is 7.34. The fraction of sp³-hybridized carbons (Fsp3) is 0.444. The second-order valence-electron chi connectivity index (χ2n) is 7.59. The number of ketones is 1. The lowest BCUT2D eigenvalue weighted by molar-refractivity contribution is 0.100. The van der Waals surface area contributed by atoms with Gasteiger partial charge in [0.1, 0.15) is 12.0 Å². The van der Waals surface area contributed by atoms with Gasteiger partial charge in [-0.3, -0.25) is 4.79 Å². The Balaban J connectivity index is 2.68. The van der Waals surface area contributed by atoms with Gasteiger partial charge < -0.3 is 9.52 Å². The van der Waals surface area contributed by atoms with E-state index in [0.29, 0.717) is 5.56 Å². The third-order valence-corrected chi connectivity index (χ3v) is 3.61. The Morgan fingerprint density at radius 3 is 1.91 bits per heavy atom. The van der Waals surface area contributed by atoms with Gasteiger partial charge in [-0.15, -0.1) is 0 Å². The predicted molar refractivity (Wildman–Crippen MR) is 85.4 cm³/mol. The average molecular weight is 301 g/mol. The van der Waals surface area contributed by atoms with E-state index in [1.807, 2.05) is 41.5 Å². The van der Waals surface area contributed by atoms with Crippen LogP contribution in [0.1, 0.15) is 68.9 Å². The van der Waals surface area contributed by atoms with Gasteiger partial charge in [0.15, 0.2) is 0 Å². The van der Waals surface area contributed by atoms with Gasteiger partial charge in [0.05, 0.1) is 6.20 Å². The van der Waals surface area contributed by atoms with Crippen molar-refractivity contribution in [1.29, 1.82) is 0 Å². The standard InChI is InChI=1S/C18H23NO3/c1-17(2,3)12-9-11(14(20)16-19-7-8-22-16)10-13(15(12)21)18(4,5)6/h7-10,21H,1-6H3. The van der Waals surface area contributed by atoms with Gasteiger partial charge >= 0.3 is 0 Å². The molecule has 0 aliphatic carbocycles. The maximum atomic E-state index is 12.5. The van der Waals surface area contributed by atoms with Gasteiger partial charge in [0.2, 0.25) is 5.78 Å². The van der Waals surface area contributed by atoms with Crippen LogP contribution in [-0.2, 0) is 10.8 Å². The van der Waals surface area contributed by atoms with E-state index in [-0.39, 0.29) is 28.3 Å². The number of nitrogens with zero attached hydrogens (tertiary/aromatic N) is 1. The van der Waals surface area contributed by atoms with E-state index in [4.69, 9.17) is 4.42 Å². The van der Waals surface area contributed by atoms with Crippen LogP contribution in [-0.4, -0.2) is 15.9 Å². The molecule has 1 aromatic heterocycles. The van der Waals surface area contributed by atoms with Crippen LogP contribution < -0.4 is 0 Å². The van der Waals surface area contributed by atoms with E-state index >= 15 is 0 Å². The molecule has 1 heterocycles. The molecule has 0 aliphatic rings. The lowest BCUT2D eigenvalue weighted by Gasteiger charge is -2.27. The second-order valence-corrected chi connectivity index (χ2v) is 7.59. The SMILES string of the molecule is CC(C)(C)c1cc(C(=O)c2ncco2)cc(C(C)(C)C)c1O. The highest BCUT2D eigenvalue weighted by molar-refractivity contribution is 6.06. The summed E-state index contributed by atoms with van der Waals surface area (Å²) in [5.74, 6) is 0.0374. The van der Waals surface area contributed by atoms with Gasteiger partial charge in [0, 0.05) is 16.7 Å². The number of oxazole rings is 1. The monoisotopic (exact) mass is 301 g/mol. The zero-order chi connectivity index (χ0) is 16.7. The molecule has 0 saturated carbocycles. The van der Waals surface area contributed by atoms with Crippen molar-refractivity contribution in [3.63, 3.8) is 0 Å². The minimum atomic E-state index is -0.281. The summed E-state index contributed by atoms with van der Waals surface area (Å²) in [5, 5.41) is 10.6. The first-order valence-corrected chi connectivity index (χ1v) is 7.34. The highest BCUT2D eigenvalue weighted by atomic mass is 16.3. The molecule has 0 amide bonds. The van der Waals surface area contributed by atoms with Crippen LogP contribution in [0.2, 0.25) is 0 Å². The summed E-state index contributed by atoms with van der Waals surface area (Å²) in [4.78, 5) is 16.5. The Labute approximate surface area is 131 Å². The number of rotatable bonds is 2. The minimum absolute atomic E-state index is 0.0606. The number of phenolic OH excluding ortho intramolecular Hbond substituents is 1. The van der Waals surface area contributed by atoms with E-state index in [1.165, 1.54) is 12.5 Å². The zero-order valence-corrected chi connectivity index (χ0v) is 14.0. The van der Waals surface area contributed by atoms with Crippen molar-refractivity contribution in [3.8, 4) is 5.75 Å². The van der Waals surface area contributed by atoms with Crippen molar-refractivity contribution in [2.24, 2.45) is 0 Å². The quantitative estimate of drug-likeness (QED) is 0.844. The molecule has 0 atom stereocenters. The fourth-order valence-corrected chi connectivity index (χ4v) is 2.37. The van der Waals surface area contributed by atoms with E-state index in [2.05, 4.69) is 4.98 Å². The van der Waals surface area contributed by atoms with E-state index in [9.17, 15) is 9.90 Å². The molecule has 118 valence electrons. The Bertz CT molecular complexity index is 651. The van der Waals surface area contributed by atoms with Crippen LogP contribution >= 0.6 is 0 Å². The normalized spacial score (nSPS) is 12.5. The lowest BCUT2D eigenvalue weighted by Crippen LogP contribution is -2.19. The highest BCUT2D eigenvalue weighted by Crippen LogP contribution is 2.40. The maximum absolute atomic E-state index is 12.5. The lowest BCUT2D eigenvalue weighted by atomic mass is 9.78. The topological polar surface area (TPSA) is 63.3 Å². The molecule has 0 bridgehead atoms. The summed E-state index contributed by atoms with van der Waals surface area (Å²) in [5.41, 5.74) is 1.41. The van der Waals surface area contributed by atoms with E-state index in [1.54, 1.807) is 12.1 Å². The van der Waals surface area contributed by atoms with Crippen LogP contribution in [0.3, 0.4) is 0 Å². The summed E-state index contributed by atoms with van der Waals surface area (Å²) < 4.78 is 5.11. The van der Waals surface area contributed by atoms with Gasteiger partial charge in [-0.25, -0.2) is 4.98 Å². The summed E-state index contributed by atoms with van der Waals surface area (Å²) in [7, 11) is 0. The number of carbonyl (C=O) groups excluding carboxylic acids is 1. The third kappa shape index (κ3) is 3.06. The number of hydrogen-bond acceptors (Lipinski definition) is 4. The van der Waals surface area contributed by atoms with Crippen molar-refractivity contribution in [3.05, 3.63) is 47.2 Å². The molecule has 0 spiro atoms. The molecule has 4 nitrogen and oxygen atoms in total. The number of aromatic nitrogens is 1. The zero-order valence-electron chi connectivity index (χ0n) is 14.0. The Hall–Kier alpha value is -2.10. The van der Waals surface area contributed by atoms with Gasteiger partial charge in [-0.2, -0.15) is 0 Å². The molecule has 1 aromatic carbocycles. The van der Waals surface area contributed by atoms with E-state index in [0.717, 1.165) is 11.1 Å². The Kier molecular flexibility index (Phi) is 3.90. The first kappa shape index (κ1) is 16.3. The number of carbonyl (C=O) groups is 1. The molecule has 22 heavy (non-hydrogen) atoms. The molecule has 0 radical (unpaired) electrons. The summed E-state index contributed by atoms with van der Waals surface area (Å²) in [6.45, 7) is 12.0.